The molecule has 0 radical (unpaired) electrons. The second-order valence-electron chi connectivity index (χ2n) is 9.05. The van der Waals surface area contributed by atoms with Gasteiger partial charge in [-0.3, -0.25) is 0 Å². The van der Waals surface area contributed by atoms with Crippen molar-refractivity contribution in [2.75, 3.05) is 7.05 Å². The first kappa shape index (κ1) is 25.4. The van der Waals surface area contributed by atoms with Crippen LogP contribution in [0.3, 0.4) is 0 Å². The Morgan fingerprint density at radius 2 is 1.04 bits per heavy atom. The SMILES string of the molecule is CCCCCCCCC[SiH](C)N(C)[Si](C)(C)CCCCCCCCC. The van der Waals surface area contributed by atoms with Gasteiger partial charge in [0.2, 0.25) is 0 Å². The van der Waals surface area contributed by atoms with Gasteiger partial charge in [0.1, 0.15) is 17.2 Å². The molecule has 0 spiro atoms. The zero-order valence-corrected chi connectivity index (χ0v) is 21.0. The summed E-state index contributed by atoms with van der Waals surface area (Å²) in [7, 11) is 0.676. The molecule has 0 aromatic carbocycles. The summed E-state index contributed by atoms with van der Waals surface area (Å²) in [6.07, 6.45) is 20.3. The zero-order valence-electron chi connectivity index (χ0n) is 18.8. The molecule has 1 atom stereocenters. The molecular weight excluding hydrogens is 334 g/mol. The van der Waals surface area contributed by atoms with Gasteiger partial charge >= 0.3 is 0 Å². The van der Waals surface area contributed by atoms with Crippen LogP contribution >= 0.6 is 0 Å². The van der Waals surface area contributed by atoms with Gasteiger partial charge < -0.3 is 4.23 Å². The summed E-state index contributed by atoms with van der Waals surface area (Å²) in [5.41, 5.74) is 0. The molecule has 0 saturated carbocycles. The smallest absolute Gasteiger partial charge is 0.115 e. The van der Waals surface area contributed by atoms with Gasteiger partial charge in [0.05, 0.1) is 0 Å². The minimum atomic E-state index is -1.14. The van der Waals surface area contributed by atoms with Crippen LogP contribution in [-0.4, -0.2) is 28.5 Å². The molecule has 0 aromatic heterocycles. The van der Waals surface area contributed by atoms with E-state index in [0.29, 0.717) is 0 Å². The van der Waals surface area contributed by atoms with E-state index >= 15 is 0 Å². The van der Waals surface area contributed by atoms with Crippen molar-refractivity contribution in [1.29, 1.82) is 0 Å². The van der Waals surface area contributed by atoms with Crippen molar-refractivity contribution in [3.05, 3.63) is 0 Å². The van der Waals surface area contributed by atoms with Crippen LogP contribution in [0.2, 0.25) is 31.7 Å². The van der Waals surface area contributed by atoms with Crippen LogP contribution in [0.15, 0.2) is 0 Å². The summed E-state index contributed by atoms with van der Waals surface area (Å²) >= 11 is 0. The quantitative estimate of drug-likeness (QED) is 0.171. The molecule has 1 nitrogen and oxygen atoms in total. The number of hydrogen-bond acceptors (Lipinski definition) is 1. The van der Waals surface area contributed by atoms with E-state index in [0.717, 1.165) is 0 Å². The lowest BCUT2D eigenvalue weighted by molar-refractivity contribution is 0.593. The number of rotatable bonds is 18. The van der Waals surface area contributed by atoms with Crippen molar-refractivity contribution in [2.24, 2.45) is 0 Å². The predicted octanol–water partition coefficient (Wildman–Crippen LogP) is 7.98. The third kappa shape index (κ3) is 14.2. The van der Waals surface area contributed by atoms with E-state index in [1.54, 1.807) is 0 Å². The molecular formula is C22H51NSi2. The van der Waals surface area contributed by atoms with E-state index in [2.05, 4.69) is 44.8 Å². The Balaban J connectivity index is 3.77. The lowest BCUT2D eigenvalue weighted by atomic mass is 10.1. The number of nitrogens with zero attached hydrogens (tertiary/aromatic N) is 1. The van der Waals surface area contributed by atoms with E-state index in [-0.39, 0.29) is 0 Å². The van der Waals surface area contributed by atoms with Crippen LogP contribution in [0.5, 0.6) is 0 Å². The Labute approximate surface area is 164 Å². The molecule has 0 aromatic rings. The summed E-state index contributed by atoms with van der Waals surface area (Å²) in [6.45, 7) is 12.5. The zero-order chi connectivity index (χ0) is 19.0. The van der Waals surface area contributed by atoms with Crippen molar-refractivity contribution in [3.63, 3.8) is 0 Å². The van der Waals surface area contributed by atoms with Gasteiger partial charge in [0.25, 0.3) is 0 Å². The predicted molar refractivity (Wildman–Crippen MR) is 124 cm³/mol. The topological polar surface area (TPSA) is 3.24 Å². The summed E-state index contributed by atoms with van der Waals surface area (Å²) in [5.74, 6) is 0. The molecule has 0 bridgehead atoms. The van der Waals surface area contributed by atoms with Crippen molar-refractivity contribution < 1.29 is 0 Å². The maximum absolute atomic E-state index is 2.93. The minimum absolute atomic E-state index is 0.665. The molecule has 0 rings (SSSR count). The highest BCUT2D eigenvalue weighted by molar-refractivity contribution is 6.83. The van der Waals surface area contributed by atoms with Gasteiger partial charge in [-0.2, -0.15) is 0 Å². The molecule has 0 aliphatic carbocycles. The summed E-state index contributed by atoms with van der Waals surface area (Å²) in [4.78, 5) is 0. The summed E-state index contributed by atoms with van der Waals surface area (Å²) in [6, 6.07) is 3.06. The monoisotopic (exact) mass is 385 g/mol. The maximum Gasteiger partial charge on any atom is 0.115 e. The fourth-order valence-electron chi connectivity index (χ4n) is 3.88. The number of unbranched alkanes of at least 4 members (excludes halogenated alkanes) is 12. The van der Waals surface area contributed by atoms with Gasteiger partial charge in [0.15, 0.2) is 0 Å². The molecule has 0 heterocycles. The Morgan fingerprint density at radius 3 is 1.52 bits per heavy atom. The molecule has 0 N–H and O–H groups in total. The molecule has 0 aliphatic rings. The van der Waals surface area contributed by atoms with Crippen LogP contribution in [0.1, 0.15) is 104 Å². The van der Waals surface area contributed by atoms with Crippen molar-refractivity contribution >= 4 is 17.2 Å². The third-order valence-corrected chi connectivity index (χ3v) is 15.7. The lowest BCUT2D eigenvalue weighted by Crippen LogP contribution is -2.52. The third-order valence-electron chi connectivity index (χ3n) is 6.23. The molecule has 3 heteroatoms. The fourth-order valence-corrected chi connectivity index (χ4v) is 12.2. The van der Waals surface area contributed by atoms with E-state index in [4.69, 9.17) is 0 Å². The lowest BCUT2D eigenvalue weighted by Gasteiger charge is -2.38. The molecule has 0 fully saturated rings. The first-order chi connectivity index (χ1) is 12.0. The average Bonchev–Trinajstić information content (AvgIpc) is 2.59. The first-order valence-electron chi connectivity index (χ1n) is 11.7. The largest absolute Gasteiger partial charge is 0.351 e. The van der Waals surface area contributed by atoms with Gasteiger partial charge in [-0.05, 0) is 19.1 Å². The van der Waals surface area contributed by atoms with Crippen molar-refractivity contribution in [2.45, 2.75) is 135 Å². The highest BCUT2D eigenvalue weighted by Crippen LogP contribution is 2.22. The second-order valence-corrected chi connectivity index (χ2v) is 17.5. The van der Waals surface area contributed by atoms with Gasteiger partial charge in [-0.25, -0.2) is 0 Å². The maximum atomic E-state index is 2.93. The van der Waals surface area contributed by atoms with Crippen LogP contribution in [-0.2, 0) is 0 Å². The Kier molecular flexibility index (Phi) is 16.8. The van der Waals surface area contributed by atoms with Crippen LogP contribution < -0.4 is 0 Å². The Hall–Kier alpha value is 0.394. The average molecular weight is 386 g/mol. The summed E-state index contributed by atoms with van der Waals surface area (Å²) < 4.78 is 2.93. The fraction of sp³-hybridized carbons (Fsp3) is 1.00. The molecule has 0 aliphatic heterocycles. The van der Waals surface area contributed by atoms with Crippen LogP contribution in [0.4, 0.5) is 0 Å². The number of hydrogen-bond donors (Lipinski definition) is 0. The molecule has 25 heavy (non-hydrogen) atoms. The van der Waals surface area contributed by atoms with E-state index < -0.39 is 17.2 Å². The molecule has 1 unspecified atom stereocenters. The van der Waals surface area contributed by atoms with Crippen molar-refractivity contribution in [1.82, 2.24) is 4.23 Å². The minimum Gasteiger partial charge on any atom is -0.351 e. The summed E-state index contributed by atoms with van der Waals surface area (Å²) in [5, 5.41) is 0. The van der Waals surface area contributed by atoms with E-state index in [1.165, 1.54) is 102 Å². The van der Waals surface area contributed by atoms with Crippen molar-refractivity contribution in [3.8, 4) is 0 Å². The molecule has 0 saturated heterocycles. The Bertz CT molecular complexity index is 281. The molecule has 152 valence electrons. The van der Waals surface area contributed by atoms with Gasteiger partial charge in [0, 0.05) is 0 Å². The first-order valence-corrected chi connectivity index (χ1v) is 17.3. The Morgan fingerprint density at radius 1 is 0.640 bits per heavy atom. The second kappa shape index (κ2) is 16.6. The van der Waals surface area contributed by atoms with Crippen LogP contribution in [0.25, 0.3) is 0 Å². The van der Waals surface area contributed by atoms with Gasteiger partial charge in [-0.1, -0.05) is 123 Å². The van der Waals surface area contributed by atoms with Crippen LogP contribution in [0, 0.1) is 0 Å². The van der Waals surface area contributed by atoms with Gasteiger partial charge in [-0.15, -0.1) is 0 Å². The van der Waals surface area contributed by atoms with E-state index in [1.807, 2.05) is 0 Å². The molecule has 0 amide bonds. The van der Waals surface area contributed by atoms with E-state index in [9.17, 15) is 0 Å². The standard InChI is InChI=1S/C22H51NSi2/c1-7-9-11-13-15-17-19-21-24(4)23(3)25(5,6)22-20-18-16-14-12-10-8-2/h24H,7-22H2,1-6H3. The normalized spacial score (nSPS) is 13.6. The highest BCUT2D eigenvalue weighted by atomic mass is 28.4. The highest BCUT2D eigenvalue weighted by Gasteiger charge is 2.29.